The summed E-state index contributed by atoms with van der Waals surface area (Å²) < 4.78 is 7.08. The molecule has 7 nitrogen and oxygen atoms in total. The van der Waals surface area contributed by atoms with Gasteiger partial charge in [-0.25, -0.2) is 0 Å². The lowest BCUT2D eigenvalue weighted by Crippen LogP contribution is -2.50. The molecule has 2 heterocycles. The van der Waals surface area contributed by atoms with Crippen molar-refractivity contribution in [1.29, 1.82) is 0 Å². The van der Waals surface area contributed by atoms with Crippen LogP contribution < -0.4 is 11.1 Å². The fourth-order valence-corrected chi connectivity index (χ4v) is 1.95. The number of hydrogen-bond donors (Lipinski definition) is 2. The van der Waals surface area contributed by atoms with Gasteiger partial charge in [-0.1, -0.05) is 0 Å². The van der Waals surface area contributed by atoms with Crippen molar-refractivity contribution < 1.29 is 9.53 Å². The zero-order valence-electron chi connectivity index (χ0n) is 10.7. The molecule has 7 heteroatoms. The molecular formula is C11H19N5O2. The Hall–Kier alpha value is -1.47. The highest BCUT2D eigenvalue weighted by molar-refractivity contribution is 5.83. The van der Waals surface area contributed by atoms with Crippen LogP contribution in [-0.4, -0.2) is 46.5 Å². The summed E-state index contributed by atoms with van der Waals surface area (Å²) in [6.45, 7) is 3.17. The number of aromatic nitrogens is 3. The number of ether oxygens (including phenoxy) is 1. The Morgan fingerprint density at radius 1 is 1.78 bits per heavy atom. The van der Waals surface area contributed by atoms with E-state index in [1.807, 2.05) is 18.5 Å². The summed E-state index contributed by atoms with van der Waals surface area (Å²) in [5.74, 6) is 0.780. The molecule has 100 valence electrons. The summed E-state index contributed by atoms with van der Waals surface area (Å²) in [6.07, 6.45) is 2.29. The molecule has 3 N–H and O–H groups in total. The van der Waals surface area contributed by atoms with E-state index >= 15 is 0 Å². The molecule has 1 aliphatic heterocycles. The SMILES string of the molecule is Cn1cnnc1CCNC(=O)C1(C)COCC1N. The lowest BCUT2D eigenvalue weighted by Gasteiger charge is -2.25. The Morgan fingerprint density at radius 3 is 3.11 bits per heavy atom. The third-order valence-electron chi connectivity index (χ3n) is 3.48. The topological polar surface area (TPSA) is 95.1 Å². The summed E-state index contributed by atoms with van der Waals surface area (Å²) in [4.78, 5) is 12.1. The van der Waals surface area contributed by atoms with E-state index in [1.54, 1.807) is 6.33 Å². The molecule has 1 aliphatic rings. The quantitative estimate of drug-likeness (QED) is 0.705. The number of nitrogens with zero attached hydrogens (tertiary/aromatic N) is 3. The molecule has 1 aromatic rings. The summed E-state index contributed by atoms with van der Waals surface area (Å²) in [5, 5.41) is 10.6. The normalized spacial score (nSPS) is 27.4. The zero-order chi connectivity index (χ0) is 13.2. The van der Waals surface area contributed by atoms with Gasteiger partial charge in [0.05, 0.1) is 18.6 Å². The van der Waals surface area contributed by atoms with Gasteiger partial charge in [-0.05, 0) is 6.92 Å². The molecule has 0 bridgehead atoms. The smallest absolute Gasteiger partial charge is 0.229 e. The number of carbonyl (C=O) groups is 1. The van der Waals surface area contributed by atoms with Crippen molar-refractivity contribution in [3.8, 4) is 0 Å². The predicted octanol–water partition coefficient (Wildman–Crippen LogP) is -1.16. The molecule has 0 aliphatic carbocycles. The van der Waals surface area contributed by atoms with E-state index in [0.717, 1.165) is 5.82 Å². The van der Waals surface area contributed by atoms with Gasteiger partial charge in [0.25, 0.3) is 0 Å². The van der Waals surface area contributed by atoms with Crippen molar-refractivity contribution in [2.45, 2.75) is 19.4 Å². The maximum Gasteiger partial charge on any atom is 0.229 e. The highest BCUT2D eigenvalue weighted by Gasteiger charge is 2.44. The number of rotatable bonds is 4. The molecule has 0 saturated carbocycles. The average molecular weight is 253 g/mol. The van der Waals surface area contributed by atoms with Gasteiger partial charge >= 0.3 is 0 Å². The third-order valence-corrected chi connectivity index (χ3v) is 3.48. The predicted molar refractivity (Wildman–Crippen MR) is 64.6 cm³/mol. The van der Waals surface area contributed by atoms with E-state index in [9.17, 15) is 4.79 Å². The Balaban J connectivity index is 1.84. The van der Waals surface area contributed by atoms with Gasteiger partial charge in [0, 0.05) is 26.1 Å². The van der Waals surface area contributed by atoms with Gasteiger partial charge in [-0.3, -0.25) is 4.79 Å². The second-order valence-corrected chi connectivity index (χ2v) is 4.90. The molecule has 0 aromatic carbocycles. The number of hydrogen-bond acceptors (Lipinski definition) is 5. The van der Waals surface area contributed by atoms with Gasteiger partial charge in [0.15, 0.2) is 0 Å². The monoisotopic (exact) mass is 253 g/mol. The van der Waals surface area contributed by atoms with Crippen LogP contribution in [0.15, 0.2) is 6.33 Å². The maximum atomic E-state index is 12.1. The molecule has 1 fully saturated rings. The van der Waals surface area contributed by atoms with Crippen molar-refractivity contribution in [2.75, 3.05) is 19.8 Å². The summed E-state index contributed by atoms with van der Waals surface area (Å²) in [5.41, 5.74) is 5.27. The molecule has 18 heavy (non-hydrogen) atoms. The summed E-state index contributed by atoms with van der Waals surface area (Å²) in [6, 6.07) is -0.243. The average Bonchev–Trinajstić information content (AvgIpc) is 2.88. The molecule has 1 aromatic heterocycles. The first-order chi connectivity index (χ1) is 8.54. The van der Waals surface area contributed by atoms with Crippen molar-refractivity contribution in [3.05, 3.63) is 12.2 Å². The Morgan fingerprint density at radius 2 is 2.56 bits per heavy atom. The van der Waals surface area contributed by atoms with Gasteiger partial charge in [0.1, 0.15) is 12.2 Å². The van der Waals surface area contributed by atoms with Crippen LogP contribution in [-0.2, 0) is 23.0 Å². The second-order valence-electron chi connectivity index (χ2n) is 4.90. The van der Waals surface area contributed by atoms with E-state index in [2.05, 4.69) is 15.5 Å². The fourth-order valence-electron chi connectivity index (χ4n) is 1.95. The van der Waals surface area contributed by atoms with Crippen LogP contribution in [0.1, 0.15) is 12.7 Å². The lowest BCUT2D eigenvalue weighted by atomic mass is 9.85. The molecular weight excluding hydrogens is 234 g/mol. The largest absolute Gasteiger partial charge is 0.379 e. The van der Waals surface area contributed by atoms with Crippen LogP contribution in [0, 0.1) is 5.41 Å². The molecule has 1 amide bonds. The van der Waals surface area contributed by atoms with Crippen molar-refractivity contribution in [1.82, 2.24) is 20.1 Å². The van der Waals surface area contributed by atoms with Crippen molar-refractivity contribution in [2.24, 2.45) is 18.2 Å². The number of nitrogens with two attached hydrogens (primary N) is 1. The minimum Gasteiger partial charge on any atom is -0.379 e. The van der Waals surface area contributed by atoms with Crippen LogP contribution >= 0.6 is 0 Å². The first-order valence-electron chi connectivity index (χ1n) is 5.98. The molecule has 0 spiro atoms. The van der Waals surface area contributed by atoms with E-state index in [-0.39, 0.29) is 11.9 Å². The van der Waals surface area contributed by atoms with Crippen LogP contribution in [0.4, 0.5) is 0 Å². The number of aryl methyl sites for hydroxylation is 1. The Labute approximate surface area is 106 Å². The fraction of sp³-hybridized carbons (Fsp3) is 0.727. The first kappa shape index (κ1) is 13.0. The number of carbonyl (C=O) groups excluding carboxylic acids is 1. The van der Waals surface area contributed by atoms with E-state index < -0.39 is 5.41 Å². The van der Waals surface area contributed by atoms with E-state index in [1.165, 1.54) is 0 Å². The highest BCUT2D eigenvalue weighted by atomic mass is 16.5. The minimum atomic E-state index is -0.625. The number of nitrogens with one attached hydrogen (secondary N) is 1. The van der Waals surface area contributed by atoms with Gasteiger partial charge in [-0.2, -0.15) is 0 Å². The van der Waals surface area contributed by atoms with Crippen LogP contribution in [0.3, 0.4) is 0 Å². The Kier molecular flexibility index (Phi) is 3.63. The van der Waals surface area contributed by atoms with Gasteiger partial charge < -0.3 is 20.4 Å². The standard InChI is InChI=1S/C11H19N5O2/c1-11(6-18-5-8(11)12)10(17)13-4-3-9-15-14-7-16(9)2/h7-8H,3-6,12H2,1-2H3,(H,13,17). The highest BCUT2D eigenvalue weighted by Crippen LogP contribution is 2.26. The molecule has 2 atom stereocenters. The summed E-state index contributed by atoms with van der Waals surface area (Å²) in [7, 11) is 1.87. The molecule has 0 radical (unpaired) electrons. The molecule has 2 rings (SSSR count). The van der Waals surface area contributed by atoms with Crippen molar-refractivity contribution >= 4 is 5.91 Å². The Bertz CT molecular complexity index is 433. The first-order valence-corrected chi connectivity index (χ1v) is 5.98. The molecule has 1 saturated heterocycles. The summed E-state index contributed by atoms with van der Waals surface area (Å²) >= 11 is 0. The van der Waals surface area contributed by atoms with Crippen LogP contribution in [0.2, 0.25) is 0 Å². The van der Waals surface area contributed by atoms with Crippen molar-refractivity contribution in [3.63, 3.8) is 0 Å². The number of amides is 1. The lowest BCUT2D eigenvalue weighted by molar-refractivity contribution is -0.130. The van der Waals surface area contributed by atoms with Crippen LogP contribution in [0.5, 0.6) is 0 Å². The van der Waals surface area contributed by atoms with E-state index in [4.69, 9.17) is 10.5 Å². The minimum absolute atomic E-state index is 0.0605. The zero-order valence-corrected chi connectivity index (χ0v) is 10.7. The van der Waals surface area contributed by atoms with Crippen LogP contribution in [0.25, 0.3) is 0 Å². The maximum absolute atomic E-state index is 12.1. The van der Waals surface area contributed by atoms with Gasteiger partial charge in [0.2, 0.25) is 5.91 Å². The second kappa shape index (κ2) is 5.03. The third kappa shape index (κ3) is 2.37. The molecule has 2 unspecified atom stereocenters. The van der Waals surface area contributed by atoms with Gasteiger partial charge in [-0.15, -0.1) is 10.2 Å². The van der Waals surface area contributed by atoms with E-state index in [0.29, 0.717) is 26.2 Å².